The van der Waals surface area contributed by atoms with Gasteiger partial charge in [0, 0.05) is 11.6 Å². The van der Waals surface area contributed by atoms with Gasteiger partial charge in [0.2, 0.25) is 5.76 Å². The summed E-state index contributed by atoms with van der Waals surface area (Å²) in [6.45, 7) is 0. The zero-order valence-corrected chi connectivity index (χ0v) is 14.2. The lowest BCUT2D eigenvalue weighted by Crippen LogP contribution is -2.08. The van der Waals surface area contributed by atoms with E-state index in [1.54, 1.807) is 30.5 Å². The lowest BCUT2D eigenvalue weighted by molar-refractivity contribution is 0.0701. The topological polar surface area (TPSA) is 52.3 Å². The highest BCUT2D eigenvalue weighted by Crippen LogP contribution is 2.37. The molecule has 0 N–H and O–H groups in total. The Kier molecular flexibility index (Phi) is 4.01. The number of hydrogen-bond donors (Lipinski definition) is 0. The Balaban J connectivity index is 2.06. The van der Waals surface area contributed by atoms with Gasteiger partial charge < -0.3 is 9.15 Å². The van der Waals surface area contributed by atoms with Crippen LogP contribution in [-0.2, 0) is 0 Å². The molecule has 7 heteroatoms. The summed E-state index contributed by atoms with van der Waals surface area (Å²) in [5, 5.41) is 1.22. The molecular weight excluding hydrogens is 425 g/mol. The minimum Gasteiger partial charge on any atom is -0.442 e. The van der Waals surface area contributed by atoms with Crippen molar-refractivity contribution in [1.29, 1.82) is 0 Å². The number of fused-ring (bicyclic) bond motifs is 1. The first-order valence-electron chi connectivity index (χ1n) is 5.76. The number of carbonyl (C=O) groups is 1. The highest BCUT2D eigenvalue weighted by atomic mass is 79.9. The predicted molar refractivity (Wildman–Crippen MR) is 85.8 cm³/mol. The van der Waals surface area contributed by atoms with Gasteiger partial charge in [0.15, 0.2) is 10.4 Å². The highest BCUT2D eigenvalue weighted by molar-refractivity contribution is 9.10. The third-order valence-corrected chi connectivity index (χ3v) is 4.05. The van der Waals surface area contributed by atoms with Crippen molar-refractivity contribution in [3.63, 3.8) is 0 Å². The van der Waals surface area contributed by atoms with Crippen molar-refractivity contribution in [1.82, 2.24) is 4.98 Å². The molecule has 0 atom stereocenters. The molecule has 0 radical (unpaired) electrons. The van der Waals surface area contributed by atoms with Crippen molar-refractivity contribution in [2.24, 2.45) is 0 Å². The number of halogens is 3. The van der Waals surface area contributed by atoms with E-state index in [9.17, 15) is 4.79 Å². The molecule has 0 unspecified atom stereocenters. The number of aromatic nitrogens is 1. The molecule has 0 fully saturated rings. The average Bonchev–Trinajstić information content (AvgIpc) is 2.90. The van der Waals surface area contributed by atoms with Gasteiger partial charge in [-0.3, -0.25) is 4.98 Å². The molecular formula is C14H6Br2ClNO3. The highest BCUT2D eigenvalue weighted by Gasteiger charge is 2.19. The van der Waals surface area contributed by atoms with Crippen LogP contribution < -0.4 is 4.74 Å². The Labute approximate surface area is 141 Å². The van der Waals surface area contributed by atoms with Crippen LogP contribution in [0.4, 0.5) is 0 Å². The Morgan fingerprint density at radius 1 is 1.29 bits per heavy atom. The largest absolute Gasteiger partial charge is 0.442 e. The maximum Gasteiger partial charge on any atom is 0.379 e. The summed E-state index contributed by atoms with van der Waals surface area (Å²) in [4.78, 5) is 16.3. The van der Waals surface area contributed by atoms with Gasteiger partial charge in [0.25, 0.3) is 0 Å². The number of esters is 1. The molecule has 106 valence electrons. The van der Waals surface area contributed by atoms with Crippen LogP contribution in [0.2, 0.25) is 5.02 Å². The van der Waals surface area contributed by atoms with Crippen LogP contribution in [0.1, 0.15) is 10.6 Å². The number of hydrogen-bond acceptors (Lipinski definition) is 4. The molecule has 0 saturated heterocycles. The molecule has 1 aromatic carbocycles. The molecule has 0 saturated carbocycles. The minimum atomic E-state index is -0.615. The van der Waals surface area contributed by atoms with Crippen molar-refractivity contribution in [2.45, 2.75) is 0 Å². The zero-order valence-electron chi connectivity index (χ0n) is 10.3. The molecule has 0 bridgehead atoms. The first kappa shape index (κ1) is 14.6. The minimum absolute atomic E-state index is 0.0906. The van der Waals surface area contributed by atoms with E-state index in [0.717, 1.165) is 0 Å². The summed E-state index contributed by atoms with van der Waals surface area (Å²) >= 11 is 12.6. The average molecular weight is 431 g/mol. The van der Waals surface area contributed by atoms with Crippen molar-refractivity contribution in [3.05, 3.63) is 56.5 Å². The van der Waals surface area contributed by atoms with Gasteiger partial charge in [0.05, 0.1) is 9.50 Å². The van der Waals surface area contributed by atoms with Gasteiger partial charge in [-0.25, -0.2) is 4.79 Å². The van der Waals surface area contributed by atoms with E-state index in [1.807, 2.05) is 0 Å². The Morgan fingerprint density at radius 3 is 2.81 bits per heavy atom. The molecule has 0 aliphatic rings. The lowest BCUT2D eigenvalue weighted by Gasteiger charge is -2.09. The molecule has 2 aromatic heterocycles. The van der Waals surface area contributed by atoms with Gasteiger partial charge in [-0.05, 0) is 62.2 Å². The second kappa shape index (κ2) is 5.79. The summed E-state index contributed by atoms with van der Waals surface area (Å²) in [6.07, 6.45) is 1.60. The maximum atomic E-state index is 12.1. The molecule has 0 amide bonds. The van der Waals surface area contributed by atoms with Crippen molar-refractivity contribution in [2.75, 3.05) is 0 Å². The van der Waals surface area contributed by atoms with Gasteiger partial charge in [-0.15, -0.1) is 0 Å². The second-order valence-electron chi connectivity index (χ2n) is 4.06. The van der Waals surface area contributed by atoms with Crippen molar-refractivity contribution >= 4 is 60.3 Å². The van der Waals surface area contributed by atoms with E-state index in [2.05, 4.69) is 36.8 Å². The van der Waals surface area contributed by atoms with Crippen LogP contribution >= 0.6 is 43.5 Å². The molecule has 0 aliphatic carbocycles. The summed E-state index contributed by atoms with van der Waals surface area (Å²) in [5.74, 6) is -0.226. The first-order valence-corrected chi connectivity index (χ1v) is 7.73. The number of pyridine rings is 1. The van der Waals surface area contributed by atoms with Crippen molar-refractivity contribution < 1.29 is 13.9 Å². The monoisotopic (exact) mass is 429 g/mol. The normalized spacial score (nSPS) is 10.8. The molecule has 3 rings (SSSR count). The van der Waals surface area contributed by atoms with Crippen LogP contribution in [0.25, 0.3) is 10.9 Å². The number of nitrogens with zero attached hydrogens (tertiary/aromatic N) is 1. The predicted octanol–water partition coefficient (Wildman–Crippen LogP) is 5.23. The van der Waals surface area contributed by atoms with Crippen LogP contribution in [-0.4, -0.2) is 11.0 Å². The molecule has 0 spiro atoms. The molecule has 3 aromatic rings. The Hall–Kier alpha value is -1.37. The fourth-order valence-electron chi connectivity index (χ4n) is 1.81. The second-order valence-corrected chi connectivity index (χ2v) is 6.11. The third kappa shape index (κ3) is 2.84. The number of carbonyl (C=O) groups excluding carboxylic acids is 1. The third-order valence-electron chi connectivity index (χ3n) is 2.72. The van der Waals surface area contributed by atoms with Crippen LogP contribution in [0.3, 0.4) is 0 Å². The number of ether oxygens (including phenoxy) is 1. The van der Waals surface area contributed by atoms with Crippen LogP contribution in [0.15, 0.2) is 50.1 Å². The smallest absolute Gasteiger partial charge is 0.379 e. The van der Waals surface area contributed by atoms with E-state index >= 15 is 0 Å². The SMILES string of the molecule is O=C(Oc1c(Br)cc(Cl)c2cccnc12)c1ccc(Br)o1. The van der Waals surface area contributed by atoms with E-state index in [1.165, 1.54) is 6.07 Å². The fourth-order valence-corrected chi connectivity index (χ4v) is 3.01. The fraction of sp³-hybridized carbons (Fsp3) is 0. The summed E-state index contributed by atoms with van der Waals surface area (Å²) in [6, 6.07) is 8.36. The van der Waals surface area contributed by atoms with Gasteiger partial charge in [0.1, 0.15) is 5.52 Å². The maximum absolute atomic E-state index is 12.1. The van der Waals surface area contributed by atoms with Gasteiger partial charge in [-0.1, -0.05) is 11.6 Å². The van der Waals surface area contributed by atoms with Crippen LogP contribution in [0.5, 0.6) is 5.75 Å². The lowest BCUT2D eigenvalue weighted by atomic mass is 10.2. The number of benzene rings is 1. The molecule has 0 aliphatic heterocycles. The van der Waals surface area contributed by atoms with E-state index < -0.39 is 5.97 Å². The van der Waals surface area contributed by atoms with Crippen molar-refractivity contribution in [3.8, 4) is 5.75 Å². The van der Waals surface area contributed by atoms with E-state index in [4.69, 9.17) is 20.8 Å². The standard InChI is InChI=1S/C14H6Br2ClNO3/c15-8-6-9(17)7-2-1-5-18-12(7)13(8)21-14(19)10-3-4-11(16)20-10/h1-6H. The van der Waals surface area contributed by atoms with E-state index in [-0.39, 0.29) is 5.76 Å². The number of rotatable bonds is 2. The Bertz CT molecular complexity index is 847. The Morgan fingerprint density at radius 2 is 2.10 bits per heavy atom. The first-order chi connectivity index (χ1) is 10.1. The summed E-state index contributed by atoms with van der Waals surface area (Å²) in [5.41, 5.74) is 0.496. The van der Waals surface area contributed by atoms with Crippen LogP contribution in [0, 0.1) is 0 Å². The summed E-state index contributed by atoms with van der Waals surface area (Å²) < 4.78 is 11.6. The molecule has 2 heterocycles. The quantitative estimate of drug-likeness (QED) is 0.412. The van der Waals surface area contributed by atoms with E-state index in [0.29, 0.717) is 30.8 Å². The molecule has 21 heavy (non-hydrogen) atoms. The van der Waals surface area contributed by atoms with Gasteiger partial charge in [-0.2, -0.15) is 0 Å². The number of furan rings is 1. The summed E-state index contributed by atoms with van der Waals surface area (Å²) in [7, 11) is 0. The zero-order chi connectivity index (χ0) is 15.0. The van der Waals surface area contributed by atoms with Gasteiger partial charge >= 0.3 is 5.97 Å². The molecule has 4 nitrogen and oxygen atoms in total.